The fourth-order valence-electron chi connectivity index (χ4n) is 2.71. The zero-order valence-electron chi connectivity index (χ0n) is 14.3. The van der Waals surface area contributed by atoms with Crippen LogP contribution < -0.4 is 10.6 Å². The van der Waals surface area contributed by atoms with E-state index in [1.165, 1.54) is 16.3 Å². The van der Waals surface area contributed by atoms with Gasteiger partial charge in [-0.1, -0.05) is 42.5 Å². The number of benzene rings is 2. The topological polar surface area (TPSA) is 71.2 Å². The second kappa shape index (κ2) is 6.80. The maximum atomic E-state index is 5.79. The molecule has 2 N–H and O–H groups in total. The summed E-state index contributed by atoms with van der Waals surface area (Å²) in [5.41, 5.74) is 7.08. The molecule has 6 heteroatoms. The third-order valence-electron chi connectivity index (χ3n) is 3.82. The van der Waals surface area contributed by atoms with Crippen LogP contribution in [-0.4, -0.2) is 41.0 Å². The van der Waals surface area contributed by atoms with Crippen LogP contribution in [0, 0.1) is 0 Å². The molecule has 6 nitrogen and oxygen atoms in total. The first kappa shape index (κ1) is 16.1. The molecule has 0 saturated carbocycles. The molecule has 0 unspecified atom stereocenters. The maximum Gasteiger partial charge on any atom is 0.229 e. The average molecular weight is 322 g/mol. The molecule has 1 aromatic heterocycles. The smallest absolute Gasteiger partial charge is 0.229 e. The summed E-state index contributed by atoms with van der Waals surface area (Å²) in [6.45, 7) is 1.42. The highest BCUT2D eigenvalue weighted by Gasteiger charge is 2.10. The van der Waals surface area contributed by atoms with Gasteiger partial charge in [0.2, 0.25) is 11.9 Å². The summed E-state index contributed by atoms with van der Waals surface area (Å²) in [4.78, 5) is 16.8. The molecule has 124 valence electrons. The number of rotatable bonds is 5. The average Bonchev–Trinajstić information content (AvgIpc) is 2.54. The van der Waals surface area contributed by atoms with Gasteiger partial charge in [-0.15, -0.1) is 0 Å². The number of nitrogens with zero attached hydrogens (tertiary/aromatic N) is 5. The molecule has 0 bridgehead atoms. The second-order valence-electron chi connectivity index (χ2n) is 6.11. The molecular weight excluding hydrogens is 300 g/mol. The van der Waals surface area contributed by atoms with Gasteiger partial charge in [0.05, 0.1) is 6.54 Å². The molecule has 3 aromatic rings. The van der Waals surface area contributed by atoms with Crippen molar-refractivity contribution in [3.05, 3.63) is 53.9 Å². The molecule has 0 atom stereocenters. The van der Waals surface area contributed by atoms with E-state index in [9.17, 15) is 0 Å². The van der Waals surface area contributed by atoms with Crippen molar-refractivity contribution in [3.63, 3.8) is 0 Å². The molecule has 0 radical (unpaired) electrons. The highest BCUT2D eigenvalue weighted by atomic mass is 15.3. The zero-order chi connectivity index (χ0) is 17.1. The summed E-state index contributed by atoms with van der Waals surface area (Å²) in [5.74, 6) is 1.51. The van der Waals surface area contributed by atoms with Crippen LogP contribution in [0.4, 0.5) is 11.9 Å². The molecule has 24 heavy (non-hydrogen) atoms. The number of nitrogen functional groups attached to an aromatic ring is 1. The lowest BCUT2D eigenvalue weighted by atomic mass is 10.0. The molecule has 0 aliphatic heterocycles. The van der Waals surface area contributed by atoms with Crippen molar-refractivity contribution in [1.29, 1.82) is 0 Å². The van der Waals surface area contributed by atoms with E-state index in [0.717, 1.165) is 6.54 Å². The van der Waals surface area contributed by atoms with Gasteiger partial charge in [-0.05, 0) is 23.4 Å². The minimum atomic E-state index is 0.252. The Morgan fingerprint density at radius 2 is 1.62 bits per heavy atom. The normalized spacial score (nSPS) is 11.2. The quantitative estimate of drug-likeness (QED) is 0.777. The van der Waals surface area contributed by atoms with Crippen LogP contribution in [-0.2, 0) is 13.1 Å². The molecule has 0 fully saturated rings. The lowest BCUT2D eigenvalue weighted by Gasteiger charge is -2.18. The number of hydrogen-bond acceptors (Lipinski definition) is 6. The highest BCUT2D eigenvalue weighted by Crippen LogP contribution is 2.20. The Kier molecular flexibility index (Phi) is 4.57. The first-order valence-electron chi connectivity index (χ1n) is 7.86. The van der Waals surface area contributed by atoms with Gasteiger partial charge in [-0.25, -0.2) is 0 Å². The number of aromatic nitrogens is 3. The predicted molar refractivity (Wildman–Crippen MR) is 97.7 cm³/mol. The minimum Gasteiger partial charge on any atom is -0.368 e. The summed E-state index contributed by atoms with van der Waals surface area (Å²) in [6.07, 6.45) is 0. The van der Waals surface area contributed by atoms with E-state index in [0.29, 0.717) is 18.3 Å². The summed E-state index contributed by atoms with van der Waals surface area (Å²) in [7, 11) is 5.83. The Morgan fingerprint density at radius 3 is 2.42 bits per heavy atom. The van der Waals surface area contributed by atoms with Crippen molar-refractivity contribution in [2.45, 2.75) is 13.1 Å². The van der Waals surface area contributed by atoms with E-state index in [-0.39, 0.29) is 5.95 Å². The van der Waals surface area contributed by atoms with Crippen LogP contribution in [0.5, 0.6) is 0 Å². The Hall–Kier alpha value is -2.73. The SMILES string of the molecule is CN(Cc1nc(N)nc(N(C)C)n1)Cc1cccc2ccccc12. The van der Waals surface area contributed by atoms with E-state index < -0.39 is 0 Å². The van der Waals surface area contributed by atoms with Crippen LogP contribution in [0.3, 0.4) is 0 Å². The molecule has 1 heterocycles. The van der Waals surface area contributed by atoms with Gasteiger partial charge >= 0.3 is 0 Å². The van der Waals surface area contributed by atoms with E-state index >= 15 is 0 Å². The number of nitrogens with two attached hydrogens (primary N) is 1. The van der Waals surface area contributed by atoms with Crippen molar-refractivity contribution in [2.75, 3.05) is 31.8 Å². The second-order valence-corrected chi connectivity index (χ2v) is 6.11. The maximum absolute atomic E-state index is 5.79. The van der Waals surface area contributed by atoms with Gasteiger partial charge in [0.15, 0.2) is 0 Å². The van der Waals surface area contributed by atoms with Crippen LogP contribution in [0.2, 0.25) is 0 Å². The fourth-order valence-corrected chi connectivity index (χ4v) is 2.71. The van der Waals surface area contributed by atoms with Crippen LogP contribution in [0.15, 0.2) is 42.5 Å². The van der Waals surface area contributed by atoms with Crippen molar-refractivity contribution < 1.29 is 0 Å². The largest absolute Gasteiger partial charge is 0.368 e. The lowest BCUT2D eigenvalue weighted by molar-refractivity contribution is 0.311. The number of fused-ring (bicyclic) bond motifs is 1. The predicted octanol–water partition coefficient (Wildman–Crippen LogP) is 2.30. The summed E-state index contributed by atoms with van der Waals surface area (Å²) in [6, 6.07) is 14.8. The Balaban J connectivity index is 1.79. The third-order valence-corrected chi connectivity index (χ3v) is 3.82. The first-order valence-corrected chi connectivity index (χ1v) is 7.86. The zero-order valence-corrected chi connectivity index (χ0v) is 14.3. The molecule has 0 amide bonds. The number of hydrogen-bond donors (Lipinski definition) is 1. The standard InChI is InChI=1S/C18H22N6/c1-23(2)18-21-16(20-17(19)22-18)12-24(3)11-14-9-6-8-13-7-4-5-10-15(13)14/h4-10H,11-12H2,1-3H3,(H2,19,20,21,22). The summed E-state index contributed by atoms with van der Waals surface area (Å²) < 4.78 is 0. The molecular formula is C18H22N6. The van der Waals surface area contributed by atoms with Crippen molar-refractivity contribution >= 4 is 22.7 Å². The van der Waals surface area contributed by atoms with E-state index in [1.807, 2.05) is 19.0 Å². The monoisotopic (exact) mass is 322 g/mol. The van der Waals surface area contributed by atoms with E-state index in [1.54, 1.807) is 0 Å². The van der Waals surface area contributed by atoms with Gasteiger partial charge in [-0.2, -0.15) is 15.0 Å². The molecule has 3 rings (SSSR count). The molecule has 0 saturated heterocycles. The lowest BCUT2D eigenvalue weighted by Crippen LogP contribution is -2.22. The fraction of sp³-hybridized carbons (Fsp3) is 0.278. The van der Waals surface area contributed by atoms with E-state index in [2.05, 4.69) is 69.4 Å². The Bertz CT molecular complexity index is 841. The Labute approximate surface area is 142 Å². The van der Waals surface area contributed by atoms with Crippen molar-refractivity contribution in [1.82, 2.24) is 19.9 Å². The van der Waals surface area contributed by atoms with E-state index in [4.69, 9.17) is 5.73 Å². The molecule has 0 aliphatic rings. The van der Waals surface area contributed by atoms with Gasteiger partial charge < -0.3 is 10.6 Å². The minimum absolute atomic E-state index is 0.252. The van der Waals surface area contributed by atoms with Crippen LogP contribution >= 0.6 is 0 Å². The van der Waals surface area contributed by atoms with Crippen molar-refractivity contribution in [3.8, 4) is 0 Å². The highest BCUT2D eigenvalue weighted by molar-refractivity contribution is 5.85. The van der Waals surface area contributed by atoms with Gasteiger partial charge in [0, 0.05) is 20.6 Å². The van der Waals surface area contributed by atoms with Gasteiger partial charge in [0.25, 0.3) is 0 Å². The van der Waals surface area contributed by atoms with Gasteiger partial charge in [0.1, 0.15) is 5.82 Å². The Morgan fingerprint density at radius 1 is 0.875 bits per heavy atom. The summed E-state index contributed by atoms with van der Waals surface area (Å²) in [5, 5.41) is 2.53. The van der Waals surface area contributed by atoms with Crippen LogP contribution in [0.1, 0.15) is 11.4 Å². The third kappa shape index (κ3) is 3.60. The molecule has 2 aromatic carbocycles. The van der Waals surface area contributed by atoms with Crippen LogP contribution in [0.25, 0.3) is 10.8 Å². The number of anilines is 2. The molecule has 0 aliphatic carbocycles. The molecule has 0 spiro atoms. The van der Waals surface area contributed by atoms with Crippen molar-refractivity contribution in [2.24, 2.45) is 0 Å². The first-order chi connectivity index (χ1) is 11.5. The summed E-state index contributed by atoms with van der Waals surface area (Å²) >= 11 is 0. The van der Waals surface area contributed by atoms with Gasteiger partial charge in [-0.3, -0.25) is 4.90 Å².